The topological polar surface area (TPSA) is 58.4 Å². The zero-order valence-corrected chi connectivity index (χ0v) is 11.8. The molecule has 0 aromatic rings. The number of carbonyl (C=O) groups is 1. The maximum absolute atomic E-state index is 11.6. The van der Waals surface area contributed by atoms with Gasteiger partial charge in [-0.05, 0) is 31.7 Å². The number of hydrogen-bond donors (Lipinski definition) is 2. The second-order valence-corrected chi connectivity index (χ2v) is 4.84. The van der Waals surface area contributed by atoms with Gasteiger partial charge in [-0.2, -0.15) is 0 Å². The molecule has 4 nitrogen and oxygen atoms in total. The van der Waals surface area contributed by atoms with E-state index in [0.29, 0.717) is 19.1 Å². The Morgan fingerprint density at radius 1 is 1.53 bits per heavy atom. The van der Waals surface area contributed by atoms with Gasteiger partial charge in [0.05, 0.1) is 6.54 Å². The van der Waals surface area contributed by atoms with Gasteiger partial charge in [0.15, 0.2) is 0 Å². The van der Waals surface area contributed by atoms with Gasteiger partial charge in [0.2, 0.25) is 5.91 Å². The molecule has 1 aliphatic rings. The van der Waals surface area contributed by atoms with Crippen LogP contribution in [0.4, 0.5) is 0 Å². The molecule has 0 aromatic carbocycles. The summed E-state index contributed by atoms with van der Waals surface area (Å²) in [5, 5.41) is 2.91. The fourth-order valence-electron chi connectivity index (χ4n) is 2.26. The highest BCUT2D eigenvalue weighted by Crippen LogP contribution is 2.21. The Kier molecular flexibility index (Phi) is 8.56. The third-order valence-corrected chi connectivity index (χ3v) is 3.29. The first-order chi connectivity index (χ1) is 7.67. The Morgan fingerprint density at radius 2 is 2.24 bits per heavy atom. The number of carbonyl (C=O) groups excluding carboxylic acids is 1. The number of hydrogen-bond acceptors (Lipinski definition) is 3. The van der Waals surface area contributed by atoms with E-state index in [9.17, 15) is 4.79 Å². The molecular weight excluding hydrogens is 238 g/mol. The molecule has 1 fully saturated rings. The first-order valence-corrected chi connectivity index (χ1v) is 6.38. The summed E-state index contributed by atoms with van der Waals surface area (Å²) in [5.74, 6) is 0.873. The molecule has 2 atom stereocenters. The van der Waals surface area contributed by atoms with Crippen LogP contribution in [-0.2, 0) is 4.79 Å². The van der Waals surface area contributed by atoms with Crippen molar-refractivity contribution in [1.29, 1.82) is 0 Å². The van der Waals surface area contributed by atoms with Crippen molar-refractivity contribution in [3.63, 3.8) is 0 Å². The van der Waals surface area contributed by atoms with Crippen LogP contribution in [0.25, 0.3) is 0 Å². The Labute approximate surface area is 111 Å². The van der Waals surface area contributed by atoms with Crippen LogP contribution < -0.4 is 11.1 Å². The Bertz CT molecular complexity index is 226. The Hall–Kier alpha value is -0.320. The third-order valence-electron chi connectivity index (χ3n) is 3.29. The van der Waals surface area contributed by atoms with Crippen LogP contribution in [0.15, 0.2) is 0 Å². The minimum atomic E-state index is 0. The average molecular weight is 264 g/mol. The van der Waals surface area contributed by atoms with Crippen molar-refractivity contribution >= 4 is 18.3 Å². The second-order valence-electron chi connectivity index (χ2n) is 4.84. The SMILES string of the molecule is CCCNC(=O)CN1CCC(C)CC1CN.Cl. The van der Waals surface area contributed by atoms with E-state index >= 15 is 0 Å². The van der Waals surface area contributed by atoms with E-state index in [-0.39, 0.29) is 18.3 Å². The van der Waals surface area contributed by atoms with Crippen LogP contribution in [0, 0.1) is 5.92 Å². The largest absolute Gasteiger partial charge is 0.355 e. The molecule has 1 aliphatic heterocycles. The monoisotopic (exact) mass is 263 g/mol. The van der Waals surface area contributed by atoms with E-state index in [1.807, 2.05) is 0 Å². The fraction of sp³-hybridized carbons (Fsp3) is 0.917. The summed E-state index contributed by atoms with van der Waals surface area (Å²) in [5.41, 5.74) is 5.76. The molecule has 1 heterocycles. The van der Waals surface area contributed by atoms with Gasteiger partial charge in [-0.3, -0.25) is 9.69 Å². The number of likely N-dealkylation sites (tertiary alicyclic amines) is 1. The third kappa shape index (κ3) is 5.70. The maximum Gasteiger partial charge on any atom is 0.234 e. The van der Waals surface area contributed by atoms with E-state index in [0.717, 1.165) is 31.8 Å². The van der Waals surface area contributed by atoms with Crippen molar-refractivity contribution < 1.29 is 4.79 Å². The van der Waals surface area contributed by atoms with E-state index in [1.165, 1.54) is 6.42 Å². The van der Waals surface area contributed by atoms with Gasteiger partial charge >= 0.3 is 0 Å². The average Bonchev–Trinajstić information content (AvgIpc) is 2.28. The number of nitrogens with one attached hydrogen (secondary N) is 1. The van der Waals surface area contributed by atoms with Crippen molar-refractivity contribution in [1.82, 2.24) is 10.2 Å². The lowest BCUT2D eigenvalue weighted by atomic mass is 9.92. The van der Waals surface area contributed by atoms with Crippen molar-refractivity contribution in [2.45, 2.75) is 39.2 Å². The zero-order chi connectivity index (χ0) is 12.0. The molecule has 0 bridgehead atoms. The summed E-state index contributed by atoms with van der Waals surface area (Å²) in [6.45, 7) is 7.27. The highest BCUT2D eigenvalue weighted by Gasteiger charge is 2.26. The van der Waals surface area contributed by atoms with Gasteiger partial charge in [-0.1, -0.05) is 13.8 Å². The summed E-state index contributed by atoms with van der Waals surface area (Å²) < 4.78 is 0. The number of rotatable bonds is 5. The first-order valence-electron chi connectivity index (χ1n) is 6.38. The van der Waals surface area contributed by atoms with E-state index < -0.39 is 0 Å². The summed E-state index contributed by atoms with van der Waals surface area (Å²) in [7, 11) is 0. The lowest BCUT2D eigenvalue weighted by Gasteiger charge is -2.37. The molecule has 5 heteroatoms. The van der Waals surface area contributed by atoms with Crippen LogP contribution in [0.2, 0.25) is 0 Å². The molecule has 0 aromatic heterocycles. The molecule has 1 rings (SSSR count). The summed E-state index contributed by atoms with van der Waals surface area (Å²) in [4.78, 5) is 13.8. The zero-order valence-electron chi connectivity index (χ0n) is 10.9. The number of nitrogens with zero attached hydrogens (tertiary/aromatic N) is 1. The number of piperidine rings is 1. The molecule has 0 saturated carbocycles. The Balaban J connectivity index is 0.00000256. The van der Waals surface area contributed by atoms with Crippen LogP contribution in [0.3, 0.4) is 0 Å². The fourth-order valence-corrected chi connectivity index (χ4v) is 2.26. The van der Waals surface area contributed by atoms with E-state index in [4.69, 9.17) is 5.73 Å². The minimum Gasteiger partial charge on any atom is -0.355 e. The van der Waals surface area contributed by atoms with Crippen molar-refractivity contribution in [3.05, 3.63) is 0 Å². The number of nitrogens with two attached hydrogens (primary N) is 1. The second kappa shape index (κ2) is 8.72. The van der Waals surface area contributed by atoms with Gasteiger partial charge in [0, 0.05) is 19.1 Å². The standard InChI is InChI=1S/C12H25N3O.ClH/c1-3-5-14-12(16)9-15-6-4-10(2)7-11(15)8-13;/h10-11H,3-9,13H2,1-2H3,(H,14,16);1H. The molecule has 17 heavy (non-hydrogen) atoms. The molecular formula is C12H26ClN3O. The number of amides is 1. The van der Waals surface area contributed by atoms with Gasteiger partial charge < -0.3 is 11.1 Å². The molecule has 0 aliphatic carbocycles. The lowest BCUT2D eigenvalue weighted by molar-refractivity contribution is -0.123. The highest BCUT2D eigenvalue weighted by atomic mass is 35.5. The summed E-state index contributed by atoms with van der Waals surface area (Å²) in [6.07, 6.45) is 3.29. The summed E-state index contributed by atoms with van der Waals surface area (Å²) in [6, 6.07) is 0.385. The molecule has 3 N–H and O–H groups in total. The Morgan fingerprint density at radius 3 is 2.82 bits per heavy atom. The lowest BCUT2D eigenvalue weighted by Crippen LogP contribution is -2.50. The number of halogens is 1. The van der Waals surface area contributed by atoms with Gasteiger partial charge in [0.1, 0.15) is 0 Å². The van der Waals surface area contributed by atoms with Crippen LogP contribution in [0.5, 0.6) is 0 Å². The molecule has 0 radical (unpaired) electrons. The molecule has 102 valence electrons. The van der Waals surface area contributed by atoms with Crippen LogP contribution in [0.1, 0.15) is 33.1 Å². The van der Waals surface area contributed by atoms with Crippen molar-refractivity contribution in [3.8, 4) is 0 Å². The van der Waals surface area contributed by atoms with Crippen molar-refractivity contribution in [2.24, 2.45) is 11.7 Å². The van der Waals surface area contributed by atoms with Crippen LogP contribution in [-0.4, -0.2) is 43.0 Å². The quantitative estimate of drug-likeness (QED) is 0.778. The highest BCUT2D eigenvalue weighted by molar-refractivity contribution is 5.85. The van der Waals surface area contributed by atoms with Gasteiger partial charge in [0.25, 0.3) is 0 Å². The molecule has 0 spiro atoms. The minimum absolute atomic E-state index is 0. The maximum atomic E-state index is 11.6. The first kappa shape index (κ1) is 16.7. The van der Waals surface area contributed by atoms with E-state index in [2.05, 4.69) is 24.1 Å². The molecule has 1 saturated heterocycles. The van der Waals surface area contributed by atoms with E-state index in [1.54, 1.807) is 0 Å². The molecule has 1 amide bonds. The summed E-state index contributed by atoms with van der Waals surface area (Å²) >= 11 is 0. The van der Waals surface area contributed by atoms with Gasteiger partial charge in [-0.15, -0.1) is 12.4 Å². The normalized spacial score (nSPS) is 25.1. The van der Waals surface area contributed by atoms with Gasteiger partial charge in [-0.25, -0.2) is 0 Å². The van der Waals surface area contributed by atoms with Crippen LogP contribution >= 0.6 is 12.4 Å². The molecule has 2 unspecified atom stereocenters. The predicted molar refractivity (Wildman–Crippen MR) is 73.4 cm³/mol. The smallest absolute Gasteiger partial charge is 0.234 e. The van der Waals surface area contributed by atoms with Crippen molar-refractivity contribution in [2.75, 3.05) is 26.2 Å². The predicted octanol–water partition coefficient (Wildman–Crippen LogP) is 0.994.